The molecule has 0 saturated heterocycles. The first-order valence-corrected chi connectivity index (χ1v) is 7.96. The lowest BCUT2D eigenvalue weighted by Crippen LogP contribution is -2.22. The minimum Gasteiger partial charge on any atom is -0.207 e. The van der Waals surface area contributed by atoms with Crippen LogP contribution in [0.4, 0.5) is 0 Å². The van der Waals surface area contributed by atoms with Gasteiger partial charge in [-0.3, -0.25) is 0 Å². The van der Waals surface area contributed by atoms with Crippen molar-refractivity contribution in [1.29, 1.82) is 5.26 Å². The molecule has 0 unspecified atom stereocenters. The predicted octanol–water partition coefficient (Wildman–Crippen LogP) is 2.29. The topological polar surface area (TPSA) is 70.0 Å². The predicted molar refractivity (Wildman–Crippen MR) is 74.1 cm³/mol. The zero-order valence-corrected chi connectivity index (χ0v) is 11.7. The summed E-state index contributed by atoms with van der Waals surface area (Å²) in [5.41, 5.74) is 0.805. The van der Waals surface area contributed by atoms with Gasteiger partial charge in [-0.1, -0.05) is 18.2 Å². The molecule has 0 fully saturated rings. The Morgan fingerprint density at radius 1 is 1.21 bits per heavy atom. The molecule has 19 heavy (non-hydrogen) atoms. The number of nitrogens with one attached hydrogen (secondary N) is 1. The van der Waals surface area contributed by atoms with Gasteiger partial charge < -0.3 is 0 Å². The highest BCUT2D eigenvalue weighted by Crippen LogP contribution is 2.13. The highest BCUT2D eigenvalue weighted by molar-refractivity contribution is 7.89. The summed E-state index contributed by atoms with van der Waals surface area (Å²) in [6.07, 6.45) is 0.281. The molecular weight excluding hydrogens is 280 g/mol. The van der Waals surface area contributed by atoms with Crippen LogP contribution in [0.5, 0.6) is 0 Å². The maximum Gasteiger partial charge on any atom is 0.240 e. The largest absolute Gasteiger partial charge is 0.240 e. The van der Waals surface area contributed by atoms with E-state index < -0.39 is 10.0 Å². The minimum absolute atomic E-state index is 0.214. The van der Waals surface area contributed by atoms with Gasteiger partial charge in [0.05, 0.1) is 17.4 Å². The summed E-state index contributed by atoms with van der Waals surface area (Å²) in [5, 5.41) is 10.5. The van der Waals surface area contributed by atoms with Gasteiger partial charge in [-0.05, 0) is 29.1 Å². The van der Waals surface area contributed by atoms with Crippen molar-refractivity contribution in [3.63, 3.8) is 0 Å². The van der Waals surface area contributed by atoms with E-state index in [-0.39, 0.29) is 11.3 Å². The minimum atomic E-state index is -3.49. The standard InChI is InChI=1S/C13H12N2O2S2/c14-8-7-11-3-5-13(6-4-11)19(16,17)15-10-12-2-1-9-18-12/h1-6,9,15H,7,10H2. The molecule has 6 heteroatoms. The van der Waals surface area contributed by atoms with Gasteiger partial charge in [0.1, 0.15) is 0 Å². The van der Waals surface area contributed by atoms with E-state index in [0.29, 0.717) is 6.54 Å². The first-order valence-electron chi connectivity index (χ1n) is 5.60. The third-order valence-electron chi connectivity index (χ3n) is 2.53. The molecular formula is C13H12N2O2S2. The number of hydrogen-bond donors (Lipinski definition) is 1. The van der Waals surface area contributed by atoms with E-state index in [4.69, 9.17) is 5.26 Å². The molecule has 0 atom stereocenters. The molecule has 1 aromatic heterocycles. The maximum atomic E-state index is 12.0. The molecule has 0 spiro atoms. The molecule has 4 nitrogen and oxygen atoms in total. The quantitative estimate of drug-likeness (QED) is 0.919. The number of thiophene rings is 1. The Morgan fingerprint density at radius 2 is 1.95 bits per heavy atom. The molecule has 98 valence electrons. The van der Waals surface area contributed by atoms with E-state index in [1.54, 1.807) is 12.1 Å². The first kappa shape index (κ1) is 13.7. The Kier molecular flexibility index (Phi) is 4.32. The van der Waals surface area contributed by atoms with Crippen molar-refractivity contribution in [2.45, 2.75) is 17.9 Å². The van der Waals surface area contributed by atoms with Gasteiger partial charge in [0.15, 0.2) is 0 Å². The lowest BCUT2D eigenvalue weighted by atomic mass is 10.2. The molecule has 1 aromatic carbocycles. The van der Waals surface area contributed by atoms with Gasteiger partial charge in [0.2, 0.25) is 10.0 Å². The summed E-state index contributed by atoms with van der Waals surface area (Å²) < 4.78 is 26.6. The Labute approximate surface area is 116 Å². The van der Waals surface area contributed by atoms with Gasteiger partial charge in [-0.25, -0.2) is 13.1 Å². The van der Waals surface area contributed by atoms with E-state index in [0.717, 1.165) is 10.4 Å². The van der Waals surface area contributed by atoms with Crippen LogP contribution >= 0.6 is 11.3 Å². The van der Waals surface area contributed by atoms with Gasteiger partial charge in [0.25, 0.3) is 0 Å². The molecule has 0 aliphatic rings. The fourth-order valence-electron chi connectivity index (χ4n) is 1.54. The van der Waals surface area contributed by atoms with Gasteiger partial charge in [-0.2, -0.15) is 5.26 Å². The highest BCUT2D eigenvalue weighted by Gasteiger charge is 2.13. The lowest BCUT2D eigenvalue weighted by Gasteiger charge is -2.06. The second-order valence-electron chi connectivity index (χ2n) is 3.88. The molecule has 0 amide bonds. The summed E-state index contributed by atoms with van der Waals surface area (Å²) in [5.74, 6) is 0. The Hall–Kier alpha value is -1.68. The number of nitriles is 1. The Morgan fingerprint density at radius 3 is 2.53 bits per heavy atom. The number of benzene rings is 1. The highest BCUT2D eigenvalue weighted by atomic mass is 32.2. The molecule has 0 aliphatic heterocycles. The van der Waals surface area contributed by atoms with Gasteiger partial charge in [-0.15, -0.1) is 11.3 Å². The molecule has 2 aromatic rings. The van der Waals surface area contributed by atoms with Crippen molar-refractivity contribution in [2.24, 2.45) is 0 Å². The van der Waals surface area contributed by atoms with Crippen LogP contribution in [0.15, 0.2) is 46.7 Å². The summed E-state index contributed by atoms with van der Waals surface area (Å²) >= 11 is 1.50. The average molecular weight is 292 g/mol. The van der Waals surface area contributed by atoms with Gasteiger partial charge >= 0.3 is 0 Å². The van der Waals surface area contributed by atoms with Crippen molar-refractivity contribution in [2.75, 3.05) is 0 Å². The summed E-state index contributed by atoms with van der Waals surface area (Å²) in [6, 6.07) is 12.1. The maximum absolute atomic E-state index is 12.0. The number of rotatable bonds is 5. The van der Waals surface area contributed by atoms with Crippen molar-refractivity contribution in [3.8, 4) is 6.07 Å². The second kappa shape index (κ2) is 5.97. The SMILES string of the molecule is N#CCc1ccc(S(=O)(=O)NCc2cccs2)cc1. The molecule has 0 saturated carbocycles. The van der Waals surface area contributed by atoms with Crippen LogP contribution in [0, 0.1) is 11.3 Å². The number of nitrogens with zero attached hydrogens (tertiary/aromatic N) is 1. The van der Waals surface area contributed by atoms with Crippen LogP contribution in [0.1, 0.15) is 10.4 Å². The van der Waals surface area contributed by atoms with Crippen molar-refractivity contribution >= 4 is 21.4 Å². The molecule has 1 heterocycles. The van der Waals surface area contributed by atoms with Crippen molar-refractivity contribution in [3.05, 3.63) is 52.2 Å². The van der Waals surface area contributed by atoms with Crippen LogP contribution in [0.2, 0.25) is 0 Å². The van der Waals surface area contributed by atoms with E-state index in [2.05, 4.69) is 4.72 Å². The molecule has 0 radical (unpaired) electrons. The van der Waals surface area contributed by atoms with Crippen LogP contribution in [0.3, 0.4) is 0 Å². The lowest BCUT2D eigenvalue weighted by molar-refractivity contribution is 0.582. The average Bonchev–Trinajstić information content (AvgIpc) is 2.91. The van der Waals surface area contributed by atoms with E-state index >= 15 is 0 Å². The van der Waals surface area contributed by atoms with E-state index in [1.807, 2.05) is 23.6 Å². The third-order valence-corrected chi connectivity index (χ3v) is 4.83. The normalized spacial score (nSPS) is 11.1. The second-order valence-corrected chi connectivity index (χ2v) is 6.68. The van der Waals surface area contributed by atoms with Crippen LogP contribution in [-0.4, -0.2) is 8.42 Å². The van der Waals surface area contributed by atoms with Crippen molar-refractivity contribution < 1.29 is 8.42 Å². The number of hydrogen-bond acceptors (Lipinski definition) is 4. The van der Waals surface area contributed by atoms with Crippen molar-refractivity contribution in [1.82, 2.24) is 4.72 Å². The fraction of sp³-hybridized carbons (Fsp3) is 0.154. The third kappa shape index (κ3) is 3.64. The summed E-state index contributed by atoms with van der Waals surface area (Å²) in [6.45, 7) is 0.292. The van der Waals surface area contributed by atoms with Crippen LogP contribution < -0.4 is 4.72 Å². The summed E-state index contributed by atoms with van der Waals surface area (Å²) in [4.78, 5) is 1.18. The molecule has 2 rings (SSSR count). The monoisotopic (exact) mass is 292 g/mol. The first-order chi connectivity index (χ1) is 9.12. The summed E-state index contributed by atoms with van der Waals surface area (Å²) in [7, 11) is -3.49. The molecule has 1 N–H and O–H groups in total. The van der Waals surface area contributed by atoms with Crippen LogP contribution in [-0.2, 0) is 23.0 Å². The smallest absolute Gasteiger partial charge is 0.207 e. The number of sulfonamides is 1. The Bertz CT molecular complexity index is 668. The van der Waals surface area contributed by atoms with E-state index in [9.17, 15) is 8.42 Å². The van der Waals surface area contributed by atoms with Gasteiger partial charge in [0, 0.05) is 11.4 Å². The zero-order valence-electron chi connectivity index (χ0n) is 10.0. The fourth-order valence-corrected chi connectivity index (χ4v) is 3.28. The zero-order chi connectivity index (χ0) is 13.7. The molecule has 0 bridgehead atoms. The van der Waals surface area contributed by atoms with Crippen LogP contribution in [0.25, 0.3) is 0 Å². The Balaban J connectivity index is 2.09. The molecule has 0 aliphatic carbocycles. The van der Waals surface area contributed by atoms with E-state index in [1.165, 1.54) is 23.5 Å².